The summed E-state index contributed by atoms with van der Waals surface area (Å²) in [4.78, 5) is 36.3. The van der Waals surface area contributed by atoms with E-state index in [1.54, 1.807) is 19.9 Å². The number of hydrogen-bond donors (Lipinski definition) is 1. The van der Waals surface area contributed by atoms with E-state index in [0.29, 0.717) is 5.00 Å². The monoisotopic (exact) mass is 373 g/mol. The summed E-state index contributed by atoms with van der Waals surface area (Å²) in [7, 11) is 0. The number of thiophene rings is 1. The van der Waals surface area contributed by atoms with Gasteiger partial charge in [0.1, 0.15) is 5.00 Å². The Kier molecular flexibility index (Phi) is 7.11. The molecule has 1 N–H and O–H groups in total. The minimum absolute atomic E-state index is 0.226. The van der Waals surface area contributed by atoms with Gasteiger partial charge in [0.25, 0.3) is 5.91 Å². The van der Waals surface area contributed by atoms with Gasteiger partial charge in [-0.15, -0.1) is 11.3 Å². The highest BCUT2D eigenvalue weighted by Gasteiger charge is 2.20. The van der Waals surface area contributed by atoms with E-state index < -0.39 is 24.5 Å². The summed E-state index contributed by atoms with van der Waals surface area (Å²) in [6.07, 6.45) is 2.74. The average Bonchev–Trinajstić information content (AvgIpc) is 3.05. The number of allylic oxidation sites excluding steroid dienone is 1. The second-order valence-corrected chi connectivity index (χ2v) is 6.15. The Morgan fingerprint density at radius 2 is 1.88 bits per heavy atom. The van der Waals surface area contributed by atoms with E-state index in [1.165, 1.54) is 23.5 Å². The maximum absolute atomic E-state index is 12.2. The highest BCUT2D eigenvalue weighted by molar-refractivity contribution is 7.20. The molecule has 2 aromatic rings. The van der Waals surface area contributed by atoms with Crippen molar-refractivity contribution in [2.75, 3.05) is 18.5 Å². The molecule has 136 valence electrons. The quantitative estimate of drug-likeness (QED) is 0.592. The van der Waals surface area contributed by atoms with E-state index in [9.17, 15) is 14.4 Å². The van der Waals surface area contributed by atoms with Crippen LogP contribution in [-0.4, -0.2) is 31.1 Å². The molecule has 1 aromatic carbocycles. The zero-order valence-electron chi connectivity index (χ0n) is 14.5. The number of esters is 2. The minimum atomic E-state index is -0.607. The number of rotatable bonds is 7. The van der Waals surface area contributed by atoms with E-state index in [0.717, 1.165) is 10.4 Å². The van der Waals surface area contributed by atoms with Gasteiger partial charge in [0.2, 0.25) is 0 Å². The second-order valence-electron chi connectivity index (χ2n) is 5.10. The maximum atomic E-state index is 12.2. The first kappa shape index (κ1) is 19.4. The number of carbonyl (C=O) groups excluding carboxylic acids is 3. The summed E-state index contributed by atoms with van der Waals surface area (Å²) in [5, 5.41) is 2.97. The molecule has 1 amide bonds. The van der Waals surface area contributed by atoms with Crippen molar-refractivity contribution in [3.05, 3.63) is 54.1 Å². The van der Waals surface area contributed by atoms with Gasteiger partial charge >= 0.3 is 11.9 Å². The lowest BCUT2D eigenvalue weighted by atomic mass is 10.1. The first-order valence-electron chi connectivity index (χ1n) is 8.00. The third kappa shape index (κ3) is 5.29. The van der Waals surface area contributed by atoms with Crippen LogP contribution in [0.25, 0.3) is 10.4 Å². The summed E-state index contributed by atoms with van der Waals surface area (Å²) >= 11 is 1.25. The molecule has 0 bridgehead atoms. The lowest BCUT2D eigenvalue weighted by Crippen LogP contribution is -2.20. The molecule has 0 spiro atoms. The normalized spacial score (nSPS) is 10.5. The number of nitrogens with one attached hydrogen (secondary N) is 1. The summed E-state index contributed by atoms with van der Waals surface area (Å²) in [6.45, 7) is 3.17. The van der Waals surface area contributed by atoms with Crippen LogP contribution >= 0.6 is 11.3 Å². The molecule has 26 heavy (non-hydrogen) atoms. The van der Waals surface area contributed by atoms with Gasteiger partial charge in [0.15, 0.2) is 6.61 Å². The molecule has 0 unspecified atom stereocenters. The largest absolute Gasteiger partial charge is 0.462 e. The van der Waals surface area contributed by atoms with Crippen molar-refractivity contribution in [2.45, 2.75) is 13.8 Å². The van der Waals surface area contributed by atoms with Gasteiger partial charge in [0, 0.05) is 11.0 Å². The Morgan fingerprint density at radius 1 is 1.15 bits per heavy atom. The molecule has 6 nitrogen and oxygen atoms in total. The molecule has 0 aliphatic rings. The molecule has 0 radical (unpaired) electrons. The van der Waals surface area contributed by atoms with Crippen LogP contribution in [0.1, 0.15) is 24.2 Å². The van der Waals surface area contributed by atoms with Crippen molar-refractivity contribution >= 4 is 34.2 Å². The number of anilines is 1. The van der Waals surface area contributed by atoms with Gasteiger partial charge in [-0.25, -0.2) is 9.59 Å². The SMILES string of the molecule is CC=CC(=O)OCC(=O)Nc1sc(-c2ccccc2)cc1C(=O)OCC. The summed E-state index contributed by atoms with van der Waals surface area (Å²) in [5.74, 6) is -1.66. The van der Waals surface area contributed by atoms with Gasteiger partial charge < -0.3 is 14.8 Å². The van der Waals surface area contributed by atoms with Crippen LogP contribution < -0.4 is 5.32 Å². The van der Waals surface area contributed by atoms with Gasteiger partial charge in [-0.1, -0.05) is 36.4 Å². The van der Waals surface area contributed by atoms with Crippen molar-refractivity contribution in [3.8, 4) is 10.4 Å². The van der Waals surface area contributed by atoms with Gasteiger partial charge in [0.05, 0.1) is 12.2 Å². The van der Waals surface area contributed by atoms with E-state index in [4.69, 9.17) is 9.47 Å². The highest BCUT2D eigenvalue weighted by Crippen LogP contribution is 2.35. The lowest BCUT2D eigenvalue weighted by Gasteiger charge is -2.06. The maximum Gasteiger partial charge on any atom is 0.341 e. The average molecular weight is 373 g/mol. The van der Waals surface area contributed by atoms with Gasteiger partial charge in [-0.3, -0.25) is 4.79 Å². The van der Waals surface area contributed by atoms with Crippen LogP contribution in [0, 0.1) is 0 Å². The molecular formula is C19H19NO5S. The van der Waals surface area contributed by atoms with Gasteiger partial charge in [-0.2, -0.15) is 0 Å². The topological polar surface area (TPSA) is 81.7 Å². The molecule has 0 aliphatic heterocycles. The lowest BCUT2D eigenvalue weighted by molar-refractivity contribution is -0.142. The van der Waals surface area contributed by atoms with Crippen molar-refractivity contribution in [1.29, 1.82) is 0 Å². The van der Waals surface area contributed by atoms with Gasteiger partial charge in [-0.05, 0) is 25.5 Å². The van der Waals surface area contributed by atoms with E-state index in [-0.39, 0.29) is 12.2 Å². The predicted octanol–water partition coefficient (Wildman–Crippen LogP) is 3.65. The number of benzene rings is 1. The highest BCUT2D eigenvalue weighted by atomic mass is 32.1. The number of ether oxygens (including phenoxy) is 2. The first-order chi connectivity index (χ1) is 12.5. The number of hydrogen-bond acceptors (Lipinski definition) is 6. The van der Waals surface area contributed by atoms with Crippen molar-refractivity contribution in [3.63, 3.8) is 0 Å². The van der Waals surface area contributed by atoms with Crippen molar-refractivity contribution in [1.82, 2.24) is 0 Å². The fourth-order valence-corrected chi connectivity index (χ4v) is 3.14. The van der Waals surface area contributed by atoms with Crippen LogP contribution in [0.2, 0.25) is 0 Å². The Labute approximate surface area is 155 Å². The smallest absolute Gasteiger partial charge is 0.341 e. The van der Waals surface area contributed by atoms with Crippen LogP contribution in [0.15, 0.2) is 48.6 Å². The minimum Gasteiger partial charge on any atom is -0.462 e. The van der Waals surface area contributed by atoms with Crippen molar-refractivity contribution in [2.24, 2.45) is 0 Å². The molecule has 1 heterocycles. The molecule has 1 aromatic heterocycles. The van der Waals surface area contributed by atoms with Crippen LogP contribution in [0.4, 0.5) is 5.00 Å². The van der Waals surface area contributed by atoms with E-state index in [2.05, 4.69) is 5.32 Å². The Hall–Kier alpha value is -2.93. The third-order valence-electron chi connectivity index (χ3n) is 3.19. The molecule has 0 saturated carbocycles. The standard InChI is InChI=1S/C19H19NO5S/c1-3-8-17(22)25-12-16(21)20-18-14(19(23)24-4-2)11-15(26-18)13-9-6-5-7-10-13/h3,5-11H,4,12H2,1-2H3,(H,20,21). The van der Waals surface area contributed by atoms with E-state index in [1.807, 2.05) is 30.3 Å². The zero-order valence-corrected chi connectivity index (χ0v) is 15.3. The Balaban J connectivity index is 2.19. The summed E-state index contributed by atoms with van der Waals surface area (Å²) < 4.78 is 9.86. The van der Waals surface area contributed by atoms with Crippen LogP contribution in [-0.2, 0) is 19.1 Å². The molecule has 0 fully saturated rings. The van der Waals surface area contributed by atoms with E-state index >= 15 is 0 Å². The molecule has 0 atom stereocenters. The van der Waals surface area contributed by atoms with Crippen LogP contribution in [0.5, 0.6) is 0 Å². The number of carbonyl (C=O) groups is 3. The zero-order chi connectivity index (χ0) is 18.9. The summed E-state index contributed by atoms with van der Waals surface area (Å²) in [5.41, 5.74) is 1.19. The second kappa shape index (κ2) is 9.53. The Bertz CT molecular complexity index is 811. The molecule has 2 rings (SSSR count). The predicted molar refractivity (Wildman–Crippen MR) is 100 cm³/mol. The fourth-order valence-electron chi connectivity index (χ4n) is 2.07. The first-order valence-corrected chi connectivity index (χ1v) is 8.82. The fraction of sp³-hybridized carbons (Fsp3) is 0.211. The molecule has 0 saturated heterocycles. The molecule has 7 heteroatoms. The third-order valence-corrected chi connectivity index (χ3v) is 4.29. The molecular weight excluding hydrogens is 354 g/mol. The Morgan fingerprint density at radius 3 is 2.54 bits per heavy atom. The molecule has 0 aliphatic carbocycles. The summed E-state index contributed by atoms with van der Waals surface area (Å²) in [6, 6.07) is 11.2. The number of amides is 1. The van der Waals surface area contributed by atoms with Crippen molar-refractivity contribution < 1.29 is 23.9 Å². The van der Waals surface area contributed by atoms with Crippen LogP contribution in [0.3, 0.4) is 0 Å².